The van der Waals surface area contributed by atoms with Gasteiger partial charge in [0.15, 0.2) is 5.01 Å². The van der Waals surface area contributed by atoms with Crippen molar-refractivity contribution < 1.29 is 29.5 Å². The van der Waals surface area contributed by atoms with E-state index in [2.05, 4.69) is 15.4 Å². The third kappa shape index (κ3) is 3.40. The summed E-state index contributed by atoms with van der Waals surface area (Å²) in [6.45, 7) is 1.77. The molecule has 0 spiro atoms. The van der Waals surface area contributed by atoms with Gasteiger partial charge in [0.05, 0.1) is 12.5 Å². The molecule has 25 heavy (non-hydrogen) atoms. The van der Waals surface area contributed by atoms with Gasteiger partial charge in [0.25, 0.3) is 5.19 Å². The van der Waals surface area contributed by atoms with E-state index in [0.29, 0.717) is 16.8 Å². The highest BCUT2D eigenvalue weighted by atomic mass is 32.1. The molecule has 1 aliphatic rings. The molecule has 0 aliphatic carbocycles. The van der Waals surface area contributed by atoms with E-state index < -0.39 is 19.2 Å². The number of carbonyl (C=O) groups is 1. The molecule has 0 radical (unpaired) electrons. The number of aliphatic carboxylic acids is 1. The fourth-order valence-corrected chi connectivity index (χ4v) is 3.21. The van der Waals surface area contributed by atoms with Crippen LogP contribution in [0.25, 0.3) is 0 Å². The van der Waals surface area contributed by atoms with Gasteiger partial charge in [-0.2, -0.15) is 0 Å². The molecule has 1 atom stereocenters. The smallest absolute Gasteiger partial charge is 0.481 e. The van der Waals surface area contributed by atoms with Crippen molar-refractivity contribution in [2.24, 2.45) is 10.9 Å². The number of benzene rings is 1. The Morgan fingerprint density at radius 2 is 2.28 bits per heavy atom. The Morgan fingerprint density at radius 3 is 2.96 bits per heavy atom. The van der Waals surface area contributed by atoms with Crippen molar-refractivity contribution in [3.8, 4) is 10.9 Å². The predicted molar refractivity (Wildman–Crippen MR) is 87.4 cm³/mol. The summed E-state index contributed by atoms with van der Waals surface area (Å²) in [4.78, 5) is 10.9. The highest BCUT2D eigenvalue weighted by molar-refractivity contribution is 7.15. The number of aryl methyl sites for hydroxylation is 1. The number of fused-ring (bicyclic) bond motifs is 1. The van der Waals surface area contributed by atoms with Gasteiger partial charge in [0, 0.05) is 0 Å². The van der Waals surface area contributed by atoms with Gasteiger partial charge in [-0.05, 0) is 35.6 Å². The Bertz CT molecular complexity index is 857. The largest absolute Gasteiger partial charge is 0.492 e. The van der Waals surface area contributed by atoms with Gasteiger partial charge in [0.1, 0.15) is 5.75 Å². The van der Waals surface area contributed by atoms with E-state index in [4.69, 9.17) is 25.4 Å². The second-order valence-electron chi connectivity index (χ2n) is 5.28. The number of oxime groups is 1. The van der Waals surface area contributed by atoms with E-state index in [9.17, 15) is 9.82 Å². The van der Waals surface area contributed by atoms with Crippen molar-refractivity contribution in [3.05, 3.63) is 28.3 Å². The maximum atomic E-state index is 10.9. The molecule has 1 aromatic heterocycles. The number of amidine groups is 1. The van der Waals surface area contributed by atoms with E-state index >= 15 is 0 Å². The van der Waals surface area contributed by atoms with Crippen LogP contribution in [0.15, 0.2) is 17.3 Å². The third-order valence-electron chi connectivity index (χ3n) is 3.57. The minimum Gasteiger partial charge on any atom is -0.481 e. The molecule has 3 rings (SSSR count). The van der Waals surface area contributed by atoms with Crippen LogP contribution in [0.5, 0.6) is 10.9 Å². The first-order chi connectivity index (χ1) is 11.9. The number of nitrogens with two attached hydrogens (primary N) is 1. The van der Waals surface area contributed by atoms with Crippen molar-refractivity contribution in [3.63, 3.8) is 0 Å². The zero-order valence-electron chi connectivity index (χ0n) is 12.9. The van der Waals surface area contributed by atoms with Gasteiger partial charge < -0.3 is 30.5 Å². The lowest BCUT2D eigenvalue weighted by Gasteiger charge is -2.12. The van der Waals surface area contributed by atoms with Crippen molar-refractivity contribution in [2.45, 2.75) is 19.4 Å². The quantitative estimate of drug-likeness (QED) is 0.188. The molecule has 2 aromatic rings. The van der Waals surface area contributed by atoms with E-state index in [1.54, 1.807) is 19.1 Å². The number of aromatic nitrogens is 2. The molecule has 0 amide bonds. The Hall–Kier alpha value is -2.70. The molecule has 0 fully saturated rings. The van der Waals surface area contributed by atoms with Gasteiger partial charge >= 0.3 is 13.1 Å². The molecule has 2 heterocycles. The van der Waals surface area contributed by atoms with E-state index in [-0.39, 0.29) is 22.5 Å². The van der Waals surface area contributed by atoms with Crippen LogP contribution in [0.1, 0.15) is 28.7 Å². The van der Waals surface area contributed by atoms with Crippen molar-refractivity contribution in [1.29, 1.82) is 0 Å². The minimum absolute atomic E-state index is 0.163. The lowest BCUT2D eigenvalue weighted by Crippen LogP contribution is -2.28. The second kappa shape index (κ2) is 6.66. The molecule has 1 aliphatic heterocycles. The second-order valence-corrected chi connectivity index (χ2v) is 6.22. The number of ether oxygens (including phenoxy) is 1. The summed E-state index contributed by atoms with van der Waals surface area (Å²) in [7, 11) is -1.23. The maximum Gasteiger partial charge on any atom is 0.492 e. The molecule has 130 valence electrons. The molecule has 10 nitrogen and oxygen atoms in total. The molecule has 12 heteroatoms. The van der Waals surface area contributed by atoms with Crippen LogP contribution in [0.3, 0.4) is 0 Å². The molecule has 0 saturated heterocycles. The van der Waals surface area contributed by atoms with Gasteiger partial charge in [0.2, 0.25) is 5.84 Å². The summed E-state index contributed by atoms with van der Waals surface area (Å²) < 4.78 is 10.9. The lowest BCUT2D eigenvalue weighted by atomic mass is 9.77. The molecule has 0 bridgehead atoms. The van der Waals surface area contributed by atoms with Gasteiger partial charge in [-0.1, -0.05) is 21.6 Å². The van der Waals surface area contributed by atoms with Crippen LogP contribution in [-0.4, -0.2) is 44.5 Å². The minimum atomic E-state index is -1.23. The average Bonchev–Trinajstić information content (AvgIpc) is 3.12. The zero-order chi connectivity index (χ0) is 18.1. The van der Waals surface area contributed by atoms with Gasteiger partial charge in [-0.15, -0.1) is 5.10 Å². The third-order valence-corrected chi connectivity index (χ3v) is 4.40. The molecular formula is C13H13BN4O6S. The Morgan fingerprint density at radius 1 is 1.52 bits per heavy atom. The maximum absolute atomic E-state index is 10.9. The number of hydrogen-bond donors (Lipinski definition) is 4. The first kappa shape index (κ1) is 17.1. The number of carboxylic acids is 1. The highest BCUT2D eigenvalue weighted by Gasteiger charge is 2.38. The normalized spacial score (nSPS) is 16.8. The predicted octanol–water partition coefficient (Wildman–Crippen LogP) is -0.0332. The molecule has 1 unspecified atom stereocenters. The Balaban J connectivity index is 1.88. The molecule has 5 N–H and O–H groups in total. The first-order valence-electron chi connectivity index (χ1n) is 7.08. The zero-order valence-corrected chi connectivity index (χ0v) is 13.7. The van der Waals surface area contributed by atoms with Crippen molar-refractivity contribution in [1.82, 2.24) is 10.2 Å². The fraction of sp³-hybridized carbons (Fsp3) is 0.231. The number of nitrogens with zero attached hydrogens (tertiary/aromatic N) is 3. The Kier molecular flexibility index (Phi) is 4.57. The topological polar surface area (TPSA) is 160 Å². The number of carboxylic acid groups (broad SMARTS) is 1. The van der Waals surface area contributed by atoms with Crippen LogP contribution in [0.2, 0.25) is 0 Å². The SMILES string of the molecule is Cc1cc(Oc2nnc(C(N)=NO)s2)cc2c1C(CC(=O)O)OB2O. The van der Waals surface area contributed by atoms with Crippen LogP contribution in [-0.2, 0) is 9.45 Å². The van der Waals surface area contributed by atoms with Crippen LogP contribution in [0, 0.1) is 6.92 Å². The summed E-state index contributed by atoms with van der Waals surface area (Å²) in [6.07, 6.45) is -0.963. The van der Waals surface area contributed by atoms with Gasteiger partial charge in [-0.3, -0.25) is 4.79 Å². The van der Waals surface area contributed by atoms with Crippen molar-refractivity contribution >= 4 is 35.7 Å². The van der Waals surface area contributed by atoms with Crippen LogP contribution in [0.4, 0.5) is 0 Å². The summed E-state index contributed by atoms with van der Waals surface area (Å²) in [6, 6.07) is 3.24. The summed E-state index contributed by atoms with van der Waals surface area (Å²) in [5.41, 5.74) is 7.23. The lowest BCUT2D eigenvalue weighted by molar-refractivity contribution is -0.138. The summed E-state index contributed by atoms with van der Waals surface area (Å²) >= 11 is 0.978. The highest BCUT2D eigenvalue weighted by Crippen LogP contribution is 2.33. The van der Waals surface area contributed by atoms with Crippen LogP contribution < -0.4 is 15.9 Å². The standard InChI is InChI=1S/C13H13BN4O6S/c1-5-2-6(23-13-17-16-12(25-13)11(15)18-22)3-7-10(5)8(4-9(19)20)24-14(7)21/h2-3,8,21-22H,4H2,1H3,(H2,15,18)(H,19,20). The summed E-state index contributed by atoms with van der Waals surface area (Å²) in [5, 5.41) is 38.3. The van der Waals surface area contributed by atoms with Crippen molar-refractivity contribution in [2.75, 3.05) is 0 Å². The number of hydrogen-bond acceptors (Lipinski definition) is 9. The molecule has 0 saturated carbocycles. The molecule has 1 aromatic carbocycles. The first-order valence-corrected chi connectivity index (χ1v) is 7.89. The van der Waals surface area contributed by atoms with E-state index in [0.717, 1.165) is 16.9 Å². The average molecular weight is 364 g/mol. The van der Waals surface area contributed by atoms with E-state index in [1.807, 2.05) is 0 Å². The summed E-state index contributed by atoms with van der Waals surface area (Å²) in [5.74, 6) is -0.829. The van der Waals surface area contributed by atoms with Crippen LogP contribution >= 0.6 is 11.3 Å². The van der Waals surface area contributed by atoms with Gasteiger partial charge in [-0.25, -0.2) is 0 Å². The van der Waals surface area contributed by atoms with E-state index in [1.165, 1.54) is 0 Å². The molecular weight excluding hydrogens is 351 g/mol. The Labute approximate surface area is 145 Å². The fourth-order valence-electron chi connectivity index (χ4n) is 2.60. The number of rotatable bonds is 5. The monoisotopic (exact) mass is 364 g/mol.